The molecule has 2 aromatic rings. The molecule has 0 aliphatic carbocycles. The van der Waals surface area contributed by atoms with Gasteiger partial charge in [-0.3, -0.25) is 4.79 Å². The van der Waals surface area contributed by atoms with Crippen LogP contribution in [0.15, 0.2) is 28.7 Å². The summed E-state index contributed by atoms with van der Waals surface area (Å²) in [5, 5.41) is 4.32. The van der Waals surface area contributed by atoms with Gasteiger partial charge in [0.05, 0.1) is 5.02 Å². The van der Waals surface area contributed by atoms with E-state index in [4.69, 9.17) is 16.0 Å². The van der Waals surface area contributed by atoms with Crippen molar-refractivity contribution in [3.8, 4) is 0 Å². The van der Waals surface area contributed by atoms with Gasteiger partial charge in [0, 0.05) is 18.4 Å². The predicted molar refractivity (Wildman–Crippen MR) is 64.1 cm³/mol. The van der Waals surface area contributed by atoms with E-state index in [9.17, 15) is 4.79 Å². The molecule has 0 aliphatic heterocycles. The van der Waals surface area contributed by atoms with E-state index in [0.29, 0.717) is 29.3 Å². The summed E-state index contributed by atoms with van der Waals surface area (Å²) in [7, 11) is 1.81. The van der Waals surface area contributed by atoms with Crippen molar-refractivity contribution in [3.05, 3.63) is 35.0 Å². The molecule has 0 amide bonds. The first-order valence-electron chi connectivity index (χ1n) is 5.08. The van der Waals surface area contributed by atoms with Crippen LogP contribution in [0.4, 0.5) is 0 Å². The quantitative estimate of drug-likeness (QED) is 0.832. The molecule has 2 rings (SSSR count). The molecule has 1 heterocycles. The van der Waals surface area contributed by atoms with Gasteiger partial charge in [-0.05, 0) is 19.2 Å². The molecule has 0 unspecified atom stereocenters. The van der Waals surface area contributed by atoms with Crippen LogP contribution in [0, 0.1) is 0 Å². The van der Waals surface area contributed by atoms with Crippen LogP contribution in [0.2, 0.25) is 5.02 Å². The number of hydrogen-bond donors (Lipinski definition) is 1. The molecule has 0 bridgehead atoms. The molecule has 0 radical (unpaired) electrons. The molecule has 1 aromatic carbocycles. The van der Waals surface area contributed by atoms with Crippen molar-refractivity contribution in [3.63, 3.8) is 0 Å². The summed E-state index contributed by atoms with van der Waals surface area (Å²) in [6.07, 6.45) is 0.425. The van der Waals surface area contributed by atoms with Crippen molar-refractivity contribution in [2.24, 2.45) is 0 Å². The van der Waals surface area contributed by atoms with E-state index in [1.807, 2.05) is 19.2 Å². The Kier molecular flexibility index (Phi) is 3.27. The normalized spacial score (nSPS) is 10.9. The van der Waals surface area contributed by atoms with Crippen LogP contribution in [0.25, 0.3) is 11.0 Å². The molecule has 1 aromatic heterocycles. The standard InChI is InChI=1S/C12H12ClNO2/c1-14-6-5-10(15)11-7-8-3-2-4-9(13)12(8)16-11/h2-4,7,14H,5-6H2,1H3. The Balaban J connectivity index is 2.32. The van der Waals surface area contributed by atoms with Crippen molar-refractivity contribution < 1.29 is 9.21 Å². The maximum atomic E-state index is 11.7. The third-order valence-corrected chi connectivity index (χ3v) is 2.67. The summed E-state index contributed by atoms with van der Waals surface area (Å²) in [4.78, 5) is 11.7. The number of carbonyl (C=O) groups excluding carboxylic acids is 1. The Morgan fingerprint density at radius 3 is 3.00 bits per heavy atom. The van der Waals surface area contributed by atoms with Crippen LogP contribution in [0.1, 0.15) is 17.0 Å². The molecule has 84 valence electrons. The minimum Gasteiger partial charge on any atom is -0.451 e. The monoisotopic (exact) mass is 237 g/mol. The van der Waals surface area contributed by atoms with E-state index in [2.05, 4.69) is 5.32 Å². The maximum absolute atomic E-state index is 11.7. The summed E-state index contributed by atoms with van der Waals surface area (Å²) in [5.41, 5.74) is 0.581. The Bertz CT molecular complexity index is 519. The van der Waals surface area contributed by atoms with Gasteiger partial charge in [0.15, 0.2) is 17.1 Å². The highest BCUT2D eigenvalue weighted by molar-refractivity contribution is 6.34. The third-order valence-electron chi connectivity index (χ3n) is 2.37. The van der Waals surface area contributed by atoms with Gasteiger partial charge in [0.2, 0.25) is 0 Å². The molecule has 0 spiro atoms. The van der Waals surface area contributed by atoms with Crippen molar-refractivity contribution in [1.82, 2.24) is 5.32 Å². The maximum Gasteiger partial charge on any atom is 0.199 e. The lowest BCUT2D eigenvalue weighted by atomic mass is 10.2. The number of Topliss-reactive ketones (excluding diaryl/α,β-unsaturated/α-hetero) is 1. The van der Waals surface area contributed by atoms with E-state index >= 15 is 0 Å². The van der Waals surface area contributed by atoms with Gasteiger partial charge >= 0.3 is 0 Å². The summed E-state index contributed by atoms with van der Waals surface area (Å²) < 4.78 is 5.45. The first-order valence-corrected chi connectivity index (χ1v) is 5.46. The fourth-order valence-electron chi connectivity index (χ4n) is 1.53. The van der Waals surface area contributed by atoms with Crippen LogP contribution in [0.3, 0.4) is 0 Å². The van der Waals surface area contributed by atoms with Crippen molar-refractivity contribution >= 4 is 28.4 Å². The second-order valence-electron chi connectivity index (χ2n) is 3.55. The number of furan rings is 1. The van der Waals surface area contributed by atoms with E-state index in [1.54, 1.807) is 12.1 Å². The number of hydrogen-bond acceptors (Lipinski definition) is 3. The molecule has 16 heavy (non-hydrogen) atoms. The molecule has 0 aliphatic rings. The highest BCUT2D eigenvalue weighted by atomic mass is 35.5. The zero-order chi connectivity index (χ0) is 11.5. The zero-order valence-corrected chi connectivity index (χ0v) is 9.67. The minimum absolute atomic E-state index is 0.0124. The smallest absolute Gasteiger partial charge is 0.199 e. The number of halogens is 1. The number of rotatable bonds is 4. The first kappa shape index (κ1) is 11.2. The number of carbonyl (C=O) groups is 1. The number of fused-ring (bicyclic) bond motifs is 1. The molecule has 4 heteroatoms. The summed E-state index contributed by atoms with van der Waals surface area (Å²) in [6.45, 7) is 0.642. The lowest BCUT2D eigenvalue weighted by molar-refractivity contribution is 0.0958. The Hall–Kier alpha value is -1.32. The van der Waals surface area contributed by atoms with Crippen LogP contribution in [-0.4, -0.2) is 19.4 Å². The average molecular weight is 238 g/mol. The fraction of sp³-hybridized carbons (Fsp3) is 0.250. The molecular weight excluding hydrogens is 226 g/mol. The van der Waals surface area contributed by atoms with Gasteiger partial charge in [-0.2, -0.15) is 0 Å². The second-order valence-corrected chi connectivity index (χ2v) is 3.95. The lowest BCUT2D eigenvalue weighted by Crippen LogP contribution is -2.12. The van der Waals surface area contributed by atoms with E-state index in [0.717, 1.165) is 5.39 Å². The second kappa shape index (κ2) is 4.68. The number of benzene rings is 1. The molecule has 0 saturated heterocycles. The summed E-state index contributed by atoms with van der Waals surface area (Å²) in [5.74, 6) is 0.361. The van der Waals surface area contributed by atoms with Gasteiger partial charge in [0.25, 0.3) is 0 Å². The van der Waals surface area contributed by atoms with Crippen molar-refractivity contribution in [1.29, 1.82) is 0 Å². The first-order chi connectivity index (χ1) is 7.72. The van der Waals surface area contributed by atoms with Crippen molar-refractivity contribution in [2.45, 2.75) is 6.42 Å². The molecule has 0 atom stereocenters. The van der Waals surface area contributed by atoms with Gasteiger partial charge in [-0.15, -0.1) is 0 Å². The minimum atomic E-state index is -0.0124. The van der Waals surface area contributed by atoms with Crippen molar-refractivity contribution in [2.75, 3.05) is 13.6 Å². The third kappa shape index (κ3) is 2.10. The van der Waals surface area contributed by atoms with E-state index < -0.39 is 0 Å². The van der Waals surface area contributed by atoms with Crippen LogP contribution in [-0.2, 0) is 0 Å². The summed E-state index contributed by atoms with van der Waals surface area (Å²) >= 11 is 5.96. The predicted octanol–water partition coefficient (Wildman–Crippen LogP) is 2.88. The molecular formula is C12H12ClNO2. The van der Waals surface area contributed by atoms with E-state index in [1.165, 1.54) is 0 Å². The Morgan fingerprint density at radius 2 is 2.31 bits per heavy atom. The van der Waals surface area contributed by atoms with Gasteiger partial charge < -0.3 is 9.73 Å². The van der Waals surface area contributed by atoms with Crippen LogP contribution < -0.4 is 5.32 Å². The van der Waals surface area contributed by atoms with Gasteiger partial charge in [0.1, 0.15) is 0 Å². The summed E-state index contributed by atoms with van der Waals surface area (Å²) in [6, 6.07) is 7.19. The largest absolute Gasteiger partial charge is 0.451 e. The Labute approximate surface area is 98.4 Å². The molecule has 0 saturated carbocycles. The van der Waals surface area contributed by atoms with Gasteiger partial charge in [-0.25, -0.2) is 0 Å². The highest BCUT2D eigenvalue weighted by Gasteiger charge is 2.12. The van der Waals surface area contributed by atoms with E-state index in [-0.39, 0.29) is 5.78 Å². The van der Waals surface area contributed by atoms with Crippen LogP contribution >= 0.6 is 11.6 Å². The van der Waals surface area contributed by atoms with Gasteiger partial charge in [-0.1, -0.05) is 23.7 Å². The number of para-hydroxylation sites is 1. The highest BCUT2D eigenvalue weighted by Crippen LogP contribution is 2.26. The Morgan fingerprint density at radius 1 is 1.50 bits per heavy atom. The number of ketones is 1. The van der Waals surface area contributed by atoms with Crippen LogP contribution in [0.5, 0.6) is 0 Å². The average Bonchev–Trinajstić information content (AvgIpc) is 2.71. The fourth-order valence-corrected chi connectivity index (χ4v) is 1.75. The molecule has 3 nitrogen and oxygen atoms in total. The lowest BCUT2D eigenvalue weighted by Gasteiger charge is -1.95. The SMILES string of the molecule is CNCCC(=O)c1cc2cccc(Cl)c2o1. The topological polar surface area (TPSA) is 42.2 Å². The molecule has 0 fully saturated rings. The number of nitrogens with one attached hydrogen (secondary N) is 1. The molecule has 1 N–H and O–H groups in total. The zero-order valence-electron chi connectivity index (χ0n) is 8.92.